The maximum absolute atomic E-state index is 12.1. The molecule has 9 heteroatoms. The highest BCUT2D eigenvalue weighted by atomic mass is 16.6. The van der Waals surface area contributed by atoms with Gasteiger partial charge in [-0.15, -0.1) is 0 Å². The van der Waals surface area contributed by atoms with Crippen LogP contribution in [-0.2, 0) is 16.8 Å². The Kier molecular flexibility index (Phi) is 7.73. The molecule has 1 aliphatic heterocycles. The Morgan fingerprint density at radius 2 is 1.72 bits per heavy atom. The van der Waals surface area contributed by atoms with Gasteiger partial charge in [-0.2, -0.15) is 4.98 Å². The van der Waals surface area contributed by atoms with E-state index in [0.29, 0.717) is 24.9 Å². The normalized spacial score (nSPS) is 16.0. The molecule has 3 rings (SSSR count). The number of alkyl carbamates (subject to hydrolysis) is 1. The molecule has 0 unspecified atom stereocenters. The molecule has 0 radical (unpaired) electrons. The maximum atomic E-state index is 12.1. The third-order valence-electron chi connectivity index (χ3n) is 5.08. The first-order valence-electron chi connectivity index (χ1n) is 11.1. The molecule has 1 aromatic carbocycles. The van der Waals surface area contributed by atoms with Crippen LogP contribution in [0, 0.1) is 0 Å². The predicted octanol–water partition coefficient (Wildman–Crippen LogP) is 3.03. The second-order valence-corrected chi connectivity index (χ2v) is 9.54. The number of nitrogens with zero attached hydrogens (tertiary/aromatic N) is 4. The van der Waals surface area contributed by atoms with E-state index in [0.717, 1.165) is 38.5 Å². The van der Waals surface area contributed by atoms with Crippen molar-refractivity contribution < 1.29 is 18.8 Å². The smallest absolute Gasteiger partial charge is 0.408 e. The number of aromatic nitrogens is 2. The van der Waals surface area contributed by atoms with E-state index < -0.39 is 17.2 Å². The third-order valence-corrected chi connectivity index (χ3v) is 5.08. The van der Waals surface area contributed by atoms with Crippen LogP contribution in [0.2, 0.25) is 0 Å². The Morgan fingerprint density at radius 3 is 2.38 bits per heavy atom. The van der Waals surface area contributed by atoms with E-state index in [2.05, 4.69) is 25.3 Å². The van der Waals surface area contributed by atoms with Gasteiger partial charge in [0.25, 0.3) is 0 Å². The molecular weight excluding hydrogens is 410 g/mol. The number of amides is 1. The van der Waals surface area contributed by atoms with Gasteiger partial charge >= 0.3 is 6.09 Å². The highest BCUT2D eigenvalue weighted by Gasteiger charge is 2.31. The summed E-state index contributed by atoms with van der Waals surface area (Å²) < 4.78 is 16.6. The minimum absolute atomic E-state index is 0.426. The van der Waals surface area contributed by atoms with Crippen LogP contribution < -0.4 is 10.1 Å². The van der Waals surface area contributed by atoms with Crippen LogP contribution in [0.25, 0.3) is 0 Å². The number of carbonyl (C=O) groups excluding carboxylic acids is 1. The molecule has 0 spiro atoms. The Morgan fingerprint density at radius 1 is 1.06 bits per heavy atom. The van der Waals surface area contributed by atoms with Crippen LogP contribution in [-0.4, -0.2) is 71.0 Å². The van der Waals surface area contributed by atoms with Crippen LogP contribution in [0.3, 0.4) is 0 Å². The van der Waals surface area contributed by atoms with E-state index in [1.807, 2.05) is 65.0 Å². The van der Waals surface area contributed by atoms with Crippen LogP contribution in [0.15, 0.2) is 34.9 Å². The van der Waals surface area contributed by atoms with Crippen LogP contribution in [0.5, 0.6) is 5.75 Å². The molecule has 2 heterocycles. The Balaban J connectivity index is 1.41. The minimum atomic E-state index is -0.804. The van der Waals surface area contributed by atoms with Gasteiger partial charge in [0.15, 0.2) is 5.82 Å². The fourth-order valence-electron chi connectivity index (χ4n) is 3.36. The number of hydrogen-bond donors (Lipinski definition) is 1. The van der Waals surface area contributed by atoms with E-state index in [1.165, 1.54) is 0 Å². The summed E-state index contributed by atoms with van der Waals surface area (Å²) in [4.78, 5) is 21.3. The second kappa shape index (κ2) is 10.3. The molecule has 1 N–H and O–H groups in total. The van der Waals surface area contributed by atoms with Crippen molar-refractivity contribution in [2.45, 2.75) is 52.3 Å². The molecule has 176 valence electrons. The van der Waals surface area contributed by atoms with Gasteiger partial charge in [-0.3, -0.25) is 9.80 Å². The SMILES string of the molecule is CC(C)(C)OC(=O)NC(C)(C)c1noc(CN2CCN(CCOc3ccccc3)CC2)n1. The molecule has 9 nitrogen and oxygen atoms in total. The van der Waals surface area contributed by atoms with Gasteiger partial charge in [0, 0.05) is 32.7 Å². The predicted molar refractivity (Wildman–Crippen MR) is 120 cm³/mol. The molecule has 1 amide bonds. The zero-order valence-electron chi connectivity index (χ0n) is 19.8. The number of nitrogens with one attached hydrogen (secondary N) is 1. The van der Waals surface area contributed by atoms with Crippen molar-refractivity contribution in [1.82, 2.24) is 25.3 Å². The first kappa shape index (κ1) is 24.0. The second-order valence-electron chi connectivity index (χ2n) is 9.54. The van der Waals surface area contributed by atoms with Crippen LogP contribution in [0.1, 0.15) is 46.3 Å². The number of rotatable bonds is 8. The quantitative estimate of drug-likeness (QED) is 0.663. The molecule has 0 aliphatic carbocycles. The number of ether oxygens (including phenoxy) is 2. The van der Waals surface area contributed by atoms with E-state index >= 15 is 0 Å². The Labute approximate surface area is 190 Å². The number of piperazine rings is 1. The molecule has 32 heavy (non-hydrogen) atoms. The lowest BCUT2D eigenvalue weighted by molar-refractivity contribution is 0.0465. The third kappa shape index (κ3) is 7.49. The molecule has 1 aliphatic rings. The van der Waals surface area contributed by atoms with Gasteiger partial charge in [-0.05, 0) is 46.8 Å². The van der Waals surface area contributed by atoms with Crippen molar-refractivity contribution in [3.8, 4) is 5.75 Å². The van der Waals surface area contributed by atoms with Crippen molar-refractivity contribution in [3.05, 3.63) is 42.0 Å². The molecule has 0 bridgehead atoms. The number of benzene rings is 1. The molecule has 1 fully saturated rings. The number of hydrogen-bond acceptors (Lipinski definition) is 8. The summed E-state index contributed by atoms with van der Waals surface area (Å²) in [5.74, 6) is 1.87. The van der Waals surface area contributed by atoms with Gasteiger partial charge in [0.1, 0.15) is 23.5 Å². The van der Waals surface area contributed by atoms with Crippen LogP contribution in [0.4, 0.5) is 4.79 Å². The summed E-state index contributed by atoms with van der Waals surface area (Å²) in [5.41, 5.74) is -1.38. The fourth-order valence-corrected chi connectivity index (χ4v) is 3.36. The van der Waals surface area contributed by atoms with E-state index in [9.17, 15) is 4.79 Å². The van der Waals surface area contributed by atoms with E-state index in [4.69, 9.17) is 14.0 Å². The van der Waals surface area contributed by atoms with Gasteiger partial charge in [-0.1, -0.05) is 23.4 Å². The van der Waals surface area contributed by atoms with Gasteiger partial charge in [-0.25, -0.2) is 4.79 Å². The Hall–Kier alpha value is -2.65. The fraction of sp³-hybridized carbons (Fsp3) is 0.609. The summed E-state index contributed by atoms with van der Waals surface area (Å²) in [5, 5.41) is 6.88. The summed E-state index contributed by atoms with van der Waals surface area (Å²) in [6.07, 6.45) is -0.513. The minimum Gasteiger partial charge on any atom is -0.492 e. The topological polar surface area (TPSA) is 93.0 Å². The first-order chi connectivity index (χ1) is 15.1. The monoisotopic (exact) mass is 445 g/mol. The lowest BCUT2D eigenvalue weighted by Gasteiger charge is -2.33. The molecule has 0 atom stereocenters. The highest BCUT2D eigenvalue weighted by Crippen LogP contribution is 2.19. The van der Waals surface area contributed by atoms with Crippen LogP contribution >= 0.6 is 0 Å². The average Bonchev–Trinajstić information content (AvgIpc) is 3.18. The molecule has 2 aromatic rings. The summed E-state index contributed by atoms with van der Waals surface area (Å²) in [7, 11) is 0. The van der Waals surface area contributed by atoms with Gasteiger partial charge < -0.3 is 19.3 Å². The molecule has 0 saturated carbocycles. The van der Waals surface area contributed by atoms with Crippen molar-refractivity contribution in [3.63, 3.8) is 0 Å². The Bertz CT molecular complexity index is 855. The summed E-state index contributed by atoms with van der Waals surface area (Å²) in [6.45, 7) is 15.0. The maximum Gasteiger partial charge on any atom is 0.408 e. The lowest BCUT2D eigenvalue weighted by Crippen LogP contribution is -2.47. The average molecular weight is 446 g/mol. The largest absolute Gasteiger partial charge is 0.492 e. The lowest BCUT2D eigenvalue weighted by atomic mass is 10.1. The van der Waals surface area contributed by atoms with Crippen molar-refractivity contribution in [1.29, 1.82) is 0 Å². The summed E-state index contributed by atoms with van der Waals surface area (Å²) in [6, 6.07) is 9.89. The molecule has 1 saturated heterocycles. The van der Waals surface area contributed by atoms with E-state index in [1.54, 1.807) is 0 Å². The zero-order valence-corrected chi connectivity index (χ0v) is 19.8. The zero-order chi connectivity index (χ0) is 23.2. The van der Waals surface area contributed by atoms with E-state index in [-0.39, 0.29) is 0 Å². The van der Waals surface area contributed by atoms with Crippen molar-refractivity contribution in [2.75, 3.05) is 39.3 Å². The number of para-hydroxylation sites is 1. The molecular formula is C23H35N5O4. The molecule has 1 aromatic heterocycles. The highest BCUT2D eigenvalue weighted by molar-refractivity contribution is 5.68. The number of carbonyl (C=O) groups is 1. The summed E-state index contributed by atoms with van der Waals surface area (Å²) >= 11 is 0. The van der Waals surface area contributed by atoms with Crippen molar-refractivity contribution >= 4 is 6.09 Å². The standard InChI is InChI=1S/C23H35N5O4/c1-22(2,3)31-21(29)25-23(4,5)20-24-19(32-26-20)17-28-13-11-27(12-14-28)15-16-30-18-9-7-6-8-10-18/h6-10H,11-17H2,1-5H3,(H,25,29). The van der Waals surface area contributed by atoms with Gasteiger partial charge in [0.2, 0.25) is 5.89 Å². The first-order valence-corrected chi connectivity index (χ1v) is 11.1. The van der Waals surface area contributed by atoms with Gasteiger partial charge in [0.05, 0.1) is 6.54 Å². The van der Waals surface area contributed by atoms with Crippen molar-refractivity contribution in [2.24, 2.45) is 0 Å².